The number of benzene rings is 2. The average molecular weight is 357 g/mol. The van der Waals surface area contributed by atoms with Gasteiger partial charge in [-0.2, -0.15) is 0 Å². The van der Waals surface area contributed by atoms with Crippen LogP contribution in [0.25, 0.3) is 0 Å². The summed E-state index contributed by atoms with van der Waals surface area (Å²) in [4.78, 5) is 0. The zero-order valence-electron chi connectivity index (χ0n) is 11.4. The second-order valence-electron chi connectivity index (χ2n) is 4.78. The third-order valence-electron chi connectivity index (χ3n) is 3.40. The summed E-state index contributed by atoms with van der Waals surface area (Å²) in [5.74, 6) is -0.259. The van der Waals surface area contributed by atoms with Crippen LogP contribution in [0.4, 0.5) is 4.39 Å². The molecule has 0 radical (unpaired) electrons. The number of likely N-dealkylation sites (N-methyl/N-ethyl adjacent to an activating group) is 1. The van der Waals surface area contributed by atoms with Crippen molar-refractivity contribution >= 4 is 27.5 Å². The van der Waals surface area contributed by atoms with Gasteiger partial charge in [0, 0.05) is 15.5 Å². The predicted molar refractivity (Wildman–Crippen MR) is 85.8 cm³/mol. The third-order valence-corrected chi connectivity index (χ3v) is 4.26. The Morgan fingerprint density at radius 3 is 2.70 bits per heavy atom. The summed E-state index contributed by atoms with van der Waals surface area (Å²) < 4.78 is 14.4. The van der Waals surface area contributed by atoms with Crippen molar-refractivity contribution in [1.29, 1.82) is 0 Å². The summed E-state index contributed by atoms with van der Waals surface area (Å²) in [5, 5.41) is 3.88. The summed E-state index contributed by atoms with van der Waals surface area (Å²) in [6.45, 7) is 2.07. The number of halogens is 3. The van der Waals surface area contributed by atoms with Crippen molar-refractivity contribution in [2.75, 3.05) is 7.05 Å². The number of hydrogen-bond donors (Lipinski definition) is 1. The molecule has 106 valence electrons. The molecule has 2 rings (SSSR count). The van der Waals surface area contributed by atoms with Crippen LogP contribution in [0, 0.1) is 12.7 Å². The van der Waals surface area contributed by atoms with E-state index in [2.05, 4.69) is 40.3 Å². The highest BCUT2D eigenvalue weighted by atomic mass is 79.9. The molecule has 0 aliphatic rings. The largest absolute Gasteiger partial charge is 0.313 e. The fraction of sp³-hybridized carbons (Fsp3) is 0.250. The second-order valence-corrected chi connectivity index (χ2v) is 6.10. The molecule has 0 heterocycles. The predicted octanol–water partition coefficient (Wildman–Crippen LogP) is 5.05. The molecule has 0 aliphatic heterocycles. The standard InChI is InChI=1S/C16H16BrClFN/c1-10-3-4-12(17)9-14(10)16(20-2)8-11-7-13(19)5-6-15(11)18/h3-7,9,16,20H,8H2,1-2H3. The van der Waals surface area contributed by atoms with Gasteiger partial charge in [0.05, 0.1) is 0 Å². The minimum absolute atomic E-state index is 0.0896. The lowest BCUT2D eigenvalue weighted by Crippen LogP contribution is -2.20. The molecule has 1 nitrogen and oxygen atoms in total. The van der Waals surface area contributed by atoms with Crippen molar-refractivity contribution in [2.24, 2.45) is 0 Å². The molecule has 0 fully saturated rings. The molecule has 0 aromatic heterocycles. The zero-order chi connectivity index (χ0) is 14.7. The van der Waals surface area contributed by atoms with Crippen molar-refractivity contribution in [1.82, 2.24) is 5.32 Å². The molecule has 1 N–H and O–H groups in total. The van der Waals surface area contributed by atoms with Gasteiger partial charge in [-0.05, 0) is 67.4 Å². The number of aryl methyl sites for hydroxylation is 1. The molecular weight excluding hydrogens is 341 g/mol. The van der Waals surface area contributed by atoms with E-state index in [1.54, 1.807) is 6.07 Å². The molecule has 0 spiro atoms. The van der Waals surface area contributed by atoms with Gasteiger partial charge in [0.2, 0.25) is 0 Å². The van der Waals surface area contributed by atoms with Gasteiger partial charge in [-0.3, -0.25) is 0 Å². The maximum absolute atomic E-state index is 13.4. The van der Waals surface area contributed by atoms with Gasteiger partial charge in [0.25, 0.3) is 0 Å². The fourth-order valence-electron chi connectivity index (χ4n) is 2.27. The van der Waals surface area contributed by atoms with Crippen LogP contribution in [0.5, 0.6) is 0 Å². The van der Waals surface area contributed by atoms with Crippen LogP contribution in [-0.4, -0.2) is 7.05 Å². The number of hydrogen-bond acceptors (Lipinski definition) is 1. The molecule has 0 saturated carbocycles. The molecule has 0 bridgehead atoms. The summed E-state index contributed by atoms with van der Waals surface area (Å²) in [6.07, 6.45) is 0.643. The third kappa shape index (κ3) is 3.60. The molecular formula is C16H16BrClFN. The lowest BCUT2D eigenvalue weighted by molar-refractivity contribution is 0.581. The Balaban J connectivity index is 2.33. The van der Waals surface area contributed by atoms with Gasteiger partial charge < -0.3 is 5.32 Å². The molecule has 1 unspecified atom stereocenters. The maximum Gasteiger partial charge on any atom is 0.123 e. The Morgan fingerprint density at radius 2 is 2.00 bits per heavy atom. The van der Waals surface area contributed by atoms with Gasteiger partial charge in [-0.25, -0.2) is 4.39 Å². The molecule has 0 amide bonds. The second kappa shape index (κ2) is 6.70. The Bertz CT molecular complexity index is 615. The van der Waals surface area contributed by atoms with Gasteiger partial charge in [0.1, 0.15) is 5.82 Å². The van der Waals surface area contributed by atoms with Crippen LogP contribution in [0.1, 0.15) is 22.7 Å². The smallest absolute Gasteiger partial charge is 0.123 e. The molecule has 2 aromatic rings. The molecule has 0 aliphatic carbocycles. The van der Waals surface area contributed by atoms with Crippen molar-refractivity contribution in [2.45, 2.75) is 19.4 Å². The van der Waals surface area contributed by atoms with Crippen LogP contribution in [-0.2, 0) is 6.42 Å². The van der Waals surface area contributed by atoms with Gasteiger partial charge >= 0.3 is 0 Å². The topological polar surface area (TPSA) is 12.0 Å². The Labute approximate surface area is 132 Å². The minimum Gasteiger partial charge on any atom is -0.313 e. The van der Waals surface area contributed by atoms with Crippen LogP contribution >= 0.6 is 27.5 Å². The zero-order valence-corrected chi connectivity index (χ0v) is 13.7. The van der Waals surface area contributed by atoms with Crippen molar-refractivity contribution in [3.05, 3.63) is 68.4 Å². The molecule has 1 atom stereocenters. The van der Waals surface area contributed by atoms with E-state index >= 15 is 0 Å². The first-order chi connectivity index (χ1) is 9.51. The van der Waals surface area contributed by atoms with Crippen LogP contribution in [0.15, 0.2) is 40.9 Å². The fourth-order valence-corrected chi connectivity index (χ4v) is 2.85. The normalized spacial score (nSPS) is 12.4. The van der Waals surface area contributed by atoms with Gasteiger partial charge in [-0.15, -0.1) is 0 Å². The van der Waals surface area contributed by atoms with E-state index in [0.29, 0.717) is 11.4 Å². The highest BCUT2D eigenvalue weighted by Crippen LogP contribution is 2.27. The maximum atomic E-state index is 13.4. The Kier molecular flexibility index (Phi) is 5.19. The van der Waals surface area contributed by atoms with E-state index in [4.69, 9.17) is 11.6 Å². The first-order valence-electron chi connectivity index (χ1n) is 6.38. The van der Waals surface area contributed by atoms with E-state index < -0.39 is 0 Å². The lowest BCUT2D eigenvalue weighted by Gasteiger charge is -2.20. The SMILES string of the molecule is CNC(Cc1cc(F)ccc1Cl)c1cc(Br)ccc1C. The quantitative estimate of drug-likeness (QED) is 0.808. The molecule has 4 heteroatoms. The minimum atomic E-state index is -0.259. The number of nitrogens with one attached hydrogen (secondary N) is 1. The molecule has 0 saturated heterocycles. The summed E-state index contributed by atoms with van der Waals surface area (Å²) in [6, 6.07) is 10.7. The summed E-state index contributed by atoms with van der Waals surface area (Å²) in [7, 11) is 1.90. The van der Waals surface area contributed by atoms with Crippen molar-refractivity contribution in [3.8, 4) is 0 Å². The summed E-state index contributed by atoms with van der Waals surface area (Å²) in [5.41, 5.74) is 3.19. The van der Waals surface area contributed by atoms with E-state index in [1.165, 1.54) is 23.3 Å². The van der Waals surface area contributed by atoms with E-state index in [-0.39, 0.29) is 11.9 Å². The molecule has 20 heavy (non-hydrogen) atoms. The van der Waals surface area contributed by atoms with Crippen LogP contribution in [0.2, 0.25) is 5.02 Å². The monoisotopic (exact) mass is 355 g/mol. The number of rotatable bonds is 4. The average Bonchev–Trinajstić information content (AvgIpc) is 2.42. The van der Waals surface area contributed by atoms with Crippen LogP contribution in [0.3, 0.4) is 0 Å². The lowest BCUT2D eigenvalue weighted by atomic mass is 9.95. The Hall–Kier alpha value is -0.900. The first-order valence-corrected chi connectivity index (χ1v) is 7.55. The van der Waals surface area contributed by atoms with E-state index in [9.17, 15) is 4.39 Å². The van der Waals surface area contributed by atoms with Gasteiger partial charge in [-0.1, -0.05) is 33.6 Å². The van der Waals surface area contributed by atoms with Crippen molar-refractivity contribution < 1.29 is 4.39 Å². The molecule has 2 aromatic carbocycles. The highest BCUT2D eigenvalue weighted by molar-refractivity contribution is 9.10. The van der Waals surface area contributed by atoms with Crippen molar-refractivity contribution in [3.63, 3.8) is 0 Å². The van der Waals surface area contributed by atoms with Gasteiger partial charge in [0.15, 0.2) is 0 Å². The first kappa shape index (κ1) is 15.5. The van der Waals surface area contributed by atoms with Crippen LogP contribution < -0.4 is 5.32 Å². The van der Waals surface area contributed by atoms with E-state index in [1.807, 2.05) is 13.1 Å². The Morgan fingerprint density at radius 1 is 1.25 bits per heavy atom. The summed E-state index contributed by atoms with van der Waals surface area (Å²) >= 11 is 9.64. The van der Waals surface area contributed by atoms with E-state index in [0.717, 1.165) is 10.0 Å². The highest BCUT2D eigenvalue weighted by Gasteiger charge is 2.15.